The summed E-state index contributed by atoms with van der Waals surface area (Å²) in [6, 6.07) is 12.8. The van der Waals surface area contributed by atoms with Crippen molar-refractivity contribution in [1.82, 2.24) is 15.1 Å². The Labute approximate surface area is 127 Å². The second-order valence-electron chi connectivity index (χ2n) is 4.61. The predicted molar refractivity (Wildman–Crippen MR) is 79.6 cm³/mol. The van der Waals surface area contributed by atoms with Gasteiger partial charge in [-0.2, -0.15) is 4.98 Å². The lowest BCUT2D eigenvalue weighted by atomic mass is 10.3. The zero-order valence-electron chi connectivity index (χ0n) is 12.3. The lowest BCUT2D eigenvalue weighted by molar-refractivity contribution is 0.175. The summed E-state index contributed by atoms with van der Waals surface area (Å²) in [5.41, 5.74) is 0.661. The van der Waals surface area contributed by atoms with Crippen LogP contribution in [0.1, 0.15) is 18.9 Å². The van der Waals surface area contributed by atoms with Gasteiger partial charge in [-0.05, 0) is 43.3 Å². The molecular weight excluding hydrogens is 282 g/mol. The molecular formula is C16H15N3O3. The lowest BCUT2D eigenvalue weighted by Gasteiger charge is -2.10. The molecule has 1 atom stereocenters. The molecule has 1 unspecified atom stereocenters. The summed E-state index contributed by atoms with van der Waals surface area (Å²) < 4.78 is 16.1. The normalized spacial score (nSPS) is 11.9. The monoisotopic (exact) mass is 297 g/mol. The van der Waals surface area contributed by atoms with Crippen molar-refractivity contribution in [1.29, 1.82) is 0 Å². The van der Waals surface area contributed by atoms with Gasteiger partial charge in [0.2, 0.25) is 5.82 Å². The third-order valence-electron chi connectivity index (χ3n) is 3.06. The molecule has 0 saturated carbocycles. The third-order valence-corrected chi connectivity index (χ3v) is 3.06. The van der Waals surface area contributed by atoms with Crippen LogP contribution in [-0.4, -0.2) is 22.2 Å². The summed E-state index contributed by atoms with van der Waals surface area (Å²) >= 11 is 0. The second kappa shape index (κ2) is 6.26. The van der Waals surface area contributed by atoms with E-state index >= 15 is 0 Å². The van der Waals surface area contributed by atoms with Gasteiger partial charge in [-0.25, -0.2) is 0 Å². The quantitative estimate of drug-likeness (QED) is 0.719. The fraction of sp³-hybridized carbons (Fsp3) is 0.188. The van der Waals surface area contributed by atoms with Gasteiger partial charge in [0, 0.05) is 6.20 Å². The third kappa shape index (κ3) is 3.06. The Bertz CT molecular complexity index is 726. The molecule has 112 valence electrons. The molecule has 22 heavy (non-hydrogen) atoms. The Kier molecular flexibility index (Phi) is 4.00. The lowest BCUT2D eigenvalue weighted by Crippen LogP contribution is -2.03. The predicted octanol–water partition coefficient (Wildman–Crippen LogP) is 3.28. The van der Waals surface area contributed by atoms with E-state index in [9.17, 15) is 0 Å². The Hall–Kier alpha value is -2.89. The van der Waals surface area contributed by atoms with E-state index in [1.807, 2.05) is 49.4 Å². The van der Waals surface area contributed by atoms with Crippen molar-refractivity contribution >= 4 is 0 Å². The van der Waals surface area contributed by atoms with Gasteiger partial charge in [0.1, 0.15) is 17.2 Å². The molecule has 0 aliphatic carbocycles. The van der Waals surface area contributed by atoms with Gasteiger partial charge in [-0.15, -0.1) is 0 Å². The van der Waals surface area contributed by atoms with Crippen LogP contribution in [0.15, 0.2) is 53.2 Å². The standard InChI is InChI=1S/C16H15N3O3/c1-11(21-13-8-6-12(20-2)7-9-13)16-18-15(19-22-16)14-5-3-4-10-17-14/h3-11H,1-2H3. The van der Waals surface area contributed by atoms with Crippen LogP contribution in [-0.2, 0) is 0 Å². The maximum atomic E-state index is 5.78. The van der Waals surface area contributed by atoms with Crippen molar-refractivity contribution in [2.45, 2.75) is 13.0 Å². The first-order valence-electron chi connectivity index (χ1n) is 6.82. The van der Waals surface area contributed by atoms with Gasteiger partial charge in [0.15, 0.2) is 6.10 Å². The molecule has 0 saturated heterocycles. The molecule has 0 aliphatic rings. The highest BCUT2D eigenvalue weighted by Gasteiger charge is 2.17. The van der Waals surface area contributed by atoms with E-state index in [-0.39, 0.29) is 6.10 Å². The molecule has 0 spiro atoms. The topological polar surface area (TPSA) is 70.3 Å². The molecule has 3 aromatic rings. The number of aromatic nitrogens is 3. The molecule has 0 aliphatic heterocycles. The number of rotatable bonds is 5. The van der Waals surface area contributed by atoms with Crippen molar-refractivity contribution in [3.8, 4) is 23.0 Å². The molecule has 2 aromatic heterocycles. The van der Waals surface area contributed by atoms with Gasteiger partial charge in [0.25, 0.3) is 5.89 Å². The van der Waals surface area contributed by atoms with E-state index < -0.39 is 0 Å². The van der Waals surface area contributed by atoms with Crippen LogP contribution in [0, 0.1) is 0 Å². The van der Waals surface area contributed by atoms with Gasteiger partial charge in [0.05, 0.1) is 7.11 Å². The summed E-state index contributed by atoms with van der Waals surface area (Å²) in [6.45, 7) is 1.85. The van der Waals surface area contributed by atoms with Gasteiger partial charge < -0.3 is 14.0 Å². The molecule has 6 heteroatoms. The number of hydrogen-bond acceptors (Lipinski definition) is 6. The average Bonchev–Trinajstić information content (AvgIpc) is 3.06. The van der Waals surface area contributed by atoms with Crippen LogP contribution in [0.2, 0.25) is 0 Å². The van der Waals surface area contributed by atoms with E-state index in [2.05, 4.69) is 15.1 Å². The molecule has 6 nitrogen and oxygen atoms in total. The summed E-state index contributed by atoms with van der Waals surface area (Å²) in [5, 5.41) is 3.93. The first-order valence-corrected chi connectivity index (χ1v) is 6.82. The van der Waals surface area contributed by atoms with Crippen LogP contribution in [0.4, 0.5) is 0 Å². The van der Waals surface area contributed by atoms with E-state index in [4.69, 9.17) is 14.0 Å². The molecule has 0 fully saturated rings. The summed E-state index contributed by atoms with van der Waals surface area (Å²) in [7, 11) is 1.62. The largest absolute Gasteiger partial charge is 0.497 e. The highest BCUT2D eigenvalue weighted by atomic mass is 16.5. The summed E-state index contributed by atoms with van der Waals surface area (Å²) in [5.74, 6) is 2.32. The molecule has 0 N–H and O–H groups in total. The van der Waals surface area contributed by atoms with E-state index in [1.54, 1.807) is 13.3 Å². The van der Waals surface area contributed by atoms with Gasteiger partial charge >= 0.3 is 0 Å². The number of ether oxygens (including phenoxy) is 2. The minimum Gasteiger partial charge on any atom is -0.497 e. The molecule has 2 heterocycles. The number of hydrogen-bond donors (Lipinski definition) is 0. The van der Waals surface area contributed by atoms with E-state index in [0.29, 0.717) is 23.2 Å². The van der Waals surface area contributed by atoms with Crippen molar-refractivity contribution in [3.05, 3.63) is 54.6 Å². The molecule has 0 radical (unpaired) electrons. The van der Waals surface area contributed by atoms with Crippen LogP contribution in [0.25, 0.3) is 11.5 Å². The van der Waals surface area contributed by atoms with E-state index in [1.165, 1.54) is 0 Å². The smallest absolute Gasteiger partial charge is 0.267 e. The second-order valence-corrected chi connectivity index (χ2v) is 4.61. The zero-order valence-corrected chi connectivity index (χ0v) is 12.3. The van der Waals surface area contributed by atoms with Crippen molar-refractivity contribution in [2.24, 2.45) is 0 Å². The van der Waals surface area contributed by atoms with Crippen LogP contribution in [0.3, 0.4) is 0 Å². The fourth-order valence-corrected chi connectivity index (χ4v) is 1.91. The fourth-order valence-electron chi connectivity index (χ4n) is 1.91. The minimum absolute atomic E-state index is 0.363. The maximum Gasteiger partial charge on any atom is 0.267 e. The minimum atomic E-state index is -0.363. The first-order chi connectivity index (χ1) is 10.8. The van der Waals surface area contributed by atoms with Crippen LogP contribution < -0.4 is 9.47 Å². The van der Waals surface area contributed by atoms with Crippen molar-refractivity contribution < 1.29 is 14.0 Å². The first kappa shape index (κ1) is 14.1. The highest BCUT2D eigenvalue weighted by molar-refractivity contribution is 5.47. The SMILES string of the molecule is COc1ccc(OC(C)c2nc(-c3ccccn3)no2)cc1. The number of methoxy groups -OCH3 is 1. The highest BCUT2D eigenvalue weighted by Crippen LogP contribution is 2.24. The number of pyridine rings is 1. The van der Waals surface area contributed by atoms with Gasteiger partial charge in [-0.3, -0.25) is 4.98 Å². The Morgan fingerprint density at radius 1 is 1.05 bits per heavy atom. The van der Waals surface area contributed by atoms with Crippen molar-refractivity contribution in [2.75, 3.05) is 7.11 Å². The Morgan fingerprint density at radius 3 is 2.50 bits per heavy atom. The maximum absolute atomic E-state index is 5.78. The molecule has 0 amide bonds. The van der Waals surface area contributed by atoms with Crippen molar-refractivity contribution in [3.63, 3.8) is 0 Å². The van der Waals surface area contributed by atoms with Gasteiger partial charge in [-0.1, -0.05) is 11.2 Å². The Balaban J connectivity index is 1.72. The number of benzene rings is 1. The summed E-state index contributed by atoms with van der Waals surface area (Å²) in [4.78, 5) is 8.51. The Morgan fingerprint density at radius 2 is 1.82 bits per heavy atom. The zero-order chi connectivity index (χ0) is 15.4. The molecule has 3 rings (SSSR count). The van der Waals surface area contributed by atoms with E-state index in [0.717, 1.165) is 5.75 Å². The number of nitrogens with zero attached hydrogens (tertiary/aromatic N) is 3. The molecule has 1 aromatic carbocycles. The summed E-state index contributed by atoms with van der Waals surface area (Å²) in [6.07, 6.45) is 1.32. The van der Waals surface area contributed by atoms with Crippen LogP contribution in [0.5, 0.6) is 11.5 Å². The molecule has 0 bridgehead atoms. The van der Waals surface area contributed by atoms with Crippen LogP contribution >= 0.6 is 0 Å². The average molecular weight is 297 g/mol.